The fraction of sp³-hybridized carbons (Fsp3) is 0.583. The lowest BCUT2D eigenvalue weighted by molar-refractivity contribution is 0.0340. The summed E-state index contributed by atoms with van der Waals surface area (Å²) in [4.78, 5) is 21.7. The number of anilines is 1. The highest BCUT2D eigenvalue weighted by molar-refractivity contribution is 5.86. The van der Waals surface area contributed by atoms with E-state index >= 15 is 0 Å². The third-order valence-electron chi connectivity index (χ3n) is 2.93. The number of esters is 1. The zero-order valence-electron chi connectivity index (χ0n) is 10.8. The van der Waals surface area contributed by atoms with Crippen LogP contribution in [0.5, 0.6) is 0 Å². The summed E-state index contributed by atoms with van der Waals surface area (Å²) in [6.45, 7) is 5.53. The number of methoxy groups -OCH3 is 1. The van der Waals surface area contributed by atoms with E-state index in [2.05, 4.69) is 26.5 Å². The van der Waals surface area contributed by atoms with Crippen LogP contribution in [0.2, 0.25) is 0 Å². The molecule has 6 heteroatoms. The molecule has 2 unspecified atom stereocenters. The van der Waals surface area contributed by atoms with Crippen LogP contribution in [0.1, 0.15) is 24.3 Å². The first kappa shape index (κ1) is 12.8. The Balaban J connectivity index is 2.15. The average molecular weight is 251 g/mol. The van der Waals surface area contributed by atoms with Crippen molar-refractivity contribution >= 4 is 11.8 Å². The first-order valence-electron chi connectivity index (χ1n) is 5.90. The zero-order valence-corrected chi connectivity index (χ0v) is 10.8. The molecule has 0 saturated carbocycles. The molecular formula is C12H17N3O3. The van der Waals surface area contributed by atoms with Gasteiger partial charge >= 0.3 is 5.97 Å². The minimum Gasteiger partial charge on any atom is -0.464 e. The highest BCUT2D eigenvalue weighted by Gasteiger charge is 2.24. The van der Waals surface area contributed by atoms with Crippen LogP contribution < -0.4 is 4.90 Å². The zero-order chi connectivity index (χ0) is 13.1. The molecule has 0 aromatic carbocycles. The number of rotatable bonds is 2. The van der Waals surface area contributed by atoms with Crippen molar-refractivity contribution in [3.63, 3.8) is 0 Å². The van der Waals surface area contributed by atoms with Crippen LogP contribution in [0.4, 0.5) is 5.82 Å². The summed E-state index contributed by atoms with van der Waals surface area (Å²) in [5.74, 6) is 0.280. The number of morpholine rings is 1. The van der Waals surface area contributed by atoms with E-state index in [1.807, 2.05) is 6.92 Å². The summed E-state index contributed by atoms with van der Waals surface area (Å²) >= 11 is 0. The van der Waals surface area contributed by atoms with Gasteiger partial charge in [0, 0.05) is 6.54 Å². The number of aromatic nitrogens is 2. The van der Waals surface area contributed by atoms with Crippen molar-refractivity contribution in [2.75, 3.05) is 25.2 Å². The van der Waals surface area contributed by atoms with Crippen molar-refractivity contribution in [3.05, 3.63) is 18.1 Å². The van der Waals surface area contributed by atoms with E-state index in [0.717, 1.165) is 12.4 Å². The van der Waals surface area contributed by atoms with Gasteiger partial charge in [0.05, 0.1) is 38.3 Å². The third-order valence-corrected chi connectivity index (χ3v) is 2.93. The molecule has 0 bridgehead atoms. The quantitative estimate of drug-likeness (QED) is 0.727. The monoisotopic (exact) mass is 251 g/mol. The summed E-state index contributed by atoms with van der Waals surface area (Å²) in [7, 11) is 1.32. The summed E-state index contributed by atoms with van der Waals surface area (Å²) in [6, 6.07) is 0.250. The molecule has 1 fully saturated rings. The molecule has 98 valence electrons. The average Bonchev–Trinajstić information content (AvgIpc) is 2.41. The van der Waals surface area contributed by atoms with Crippen molar-refractivity contribution in [1.29, 1.82) is 0 Å². The van der Waals surface area contributed by atoms with Gasteiger partial charge in [-0.15, -0.1) is 0 Å². The topological polar surface area (TPSA) is 64.5 Å². The van der Waals surface area contributed by atoms with Gasteiger partial charge in [-0.05, 0) is 13.8 Å². The smallest absolute Gasteiger partial charge is 0.358 e. The summed E-state index contributed by atoms with van der Waals surface area (Å²) in [5.41, 5.74) is 0.218. The molecule has 2 heterocycles. The van der Waals surface area contributed by atoms with Crippen LogP contribution in [0, 0.1) is 0 Å². The Morgan fingerprint density at radius 2 is 2.22 bits per heavy atom. The molecule has 1 aliphatic rings. The van der Waals surface area contributed by atoms with Gasteiger partial charge in [-0.3, -0.25) is 0 Å². The predicted molar refractivity (Wildman–Crippen MR) is 65.6 cm³/mol. The summed E-state index contributed by atoms with van der Waals surface area (Å²) in [5, 5.41) is 0. The standard InChI is InChI=1S/C12H17N3O3/c1-8-7-18-9(2)6-15(8)11-5-13-10(4-14-11)12(16)17-3/h4-5,8-9H,6-7H2,1-3H3. The van der Waals surface area contributed by atoms with Crippen LogP contribution in [-0.2, 0) is 9.47 Å². The number of carbonyl (C=O) groups is 1. The second-order valence-corrected chi connectivity index (χ2v) is 4.40. The molecule has 0 amide bonds. The van der Waals surface area contributed by atoms with Gasteiger partial charge in [0.2, 0.25) is 0 Å². The Hall–Kier alpha value is -1.69. The SMILES string of the molecule is COC(=O)c1cnc(N2CC(C)OCC2C)cn1. The van der Waals surface area contributed by atoms with Crippen LogP contribution >= 0.6 is 0 Å². The molecule has 0 spiro atoms. The van der Waals surface area contributed by atoms with Crippen molar-refractivity contribution < 1.29 is 14.3 Å². The highest BCUT2D eigenvalue weighted by Crippen LogP contribution is 2.18. The lowest BCUT2D eigenvalue weighted by atomic mass is 10.2. The molecule has 1 aromatic heterocycles. The fourth-order valence-corrected chi connectivity index (χ4v) is 1.90. The van der Waals surface area contributed by atoms with Crippen molar-refractivity contribution in [2.24, 2.45) is 0 Å². The van der Waals surface area contributed by atoms with Crippen molar-refractivity contribution in [2.45, 2.75) is 26.0 Å². The van der Waals surface area contributed by atoms with Gasteiger partial charge in [0.15, 0.2) is 5.69 Å². The fourth-order valence-electron chi connectivity index (χ4n) is 1.90. The molecule has 1 aromatic rings. The van der Waals surface area contributed by atoms with E-state index in [4.69, 9.17) is 4.74 Å². The number of ether oxygens (including phenoxy) is 2. The summed E-state index contributed by atoms with van der Waals surface area (Å²) in [6.07, 6.45) is 3.21. The number of hydrogen-bond donors (Lipinski definition) is 0. The van der Waals surface area contributed by atoms with Gasteiger partial charge in [0.1, 0.15) is 5.82 Å². The maximum atomic E-state index is 11.3. The van der Waals surface area contributed by atoms with Gasteiger partial charge in [-0.2, -0.15) is 0 Å². The number of hydrogen-bond acceptors (Lipinski definition) is 6. The molecule has 0 N–H and O–H groups in total. The van der Waals surface area contributed by atoms with Crippen LogP contribution in [0.3, 0.4) is 0 Å². The Morgan fingerprint density at radius 1 is 1.44 bits per heavy atom. The Labute approximate surface area is 106 Å². The molecule has 0 aliphatic carbocycles. The molecule has 2 atom stereocenters. The van der Waals surface area contributed by atoms with E-state index in [1.165, 1.54) is 13.3 Å². The van der Waals surface area contributed by atoms with Gasteiger partial charge in [0.25, 0.3) is 0 Å². The second-order valence-electron chi connectivity index (χ2n) is 4.40. The molecule has 2 rings (SSSR count). The highest BCUT2D eigenvalue weighted by atomic mass is 16.5. The normalized spacial score (nSPS) is 23.8. The van der Waals surface area contributed by atoms with E-state index in [-0.39, 0.29) is 17.8 Å². The lowest BCUT2D eigenvalue weighted by Gasteiger charge is -2.37. The van der Waals surface area contributed by atoms with Crippen LogP contribution in [-0.4, -0.2) is 48.3 Å². The number of nitrogens with zero attached hydrogens (tertiary/aromatic N) is 3. The number of carbonyl (C=O) groups excluding carboxylic acids is 1. The minimum absolute atomic E-state index is 0.170. The largest absolute Gasteiger partial charge is 0.464 e. The Bertz CT molecular complexity index is 421. The van der Waals surface area contributed by atoms with Gasteiger partial charge < -0.3 is 14.4 Å². The first-order chi connectivity index (χ1) is 8.61. The maximum absolute atomic E-state index is 11.3. The molecular weight excluding hydrogens is 234 g/mol. The Morgan fingerprint density at radius 3 is 2.83 bits per heavy atom. The van der Waals surface area contributed by atoms with Crippen molar-refractivity contribution in [1.82, 2.24) is 9.97 Å². The summed E-state index contributed by atoms with van der Waals surface area (Å²) < 4.78 is 10.1. The van der Waals surface area contributed by atoms with Crippen LogP contribution in [0.15, 0.2) is 12.4 Å². The van der Waals surface area contributed by atoms with Crippen LogP contribution in [0.25, 0.3) is 0 Å². The second kappa shape index (κ2) is 5.30. The molecule has 18 heavy (non-hydrogen) atoms. The first-order valence-corrected chi connectivity index (χ1v) is 5.90. The lowest BCUT2D eigenvalue weighted by Crippen LogP contribution is -2.47. The Kier molecular flexibility index (Phi) is 3.76. The maximum Gasteiger partial charge on any atom is 0.358 e. The molecule has 0 radical (unpaired) electrons. The van der Waals surface area contributed by atoms with Gasteiger partial charge in [-0.1, -0.05) is 0 Å². The third kappa shape index (κ3) is 2.59. The predicted octanol–water partition coefficient (Wildman–Crippen LogP) is 0.877. The van der Waals surface area contributed by atoms with E-state index < -0.39 is 5.97 Å². The van der Waals surface area contributed by atoms with E-state index in [1.54, 1.807) is 6.20 Å². The van der Waals surface area contributed by atoms with E-state index in [9.17, 15) is 4.79 Å². The minimum atomic E-state index is -0.475. The van der Waals surface area contributed by atoms with Gasteiger partial charge in [-0.25, -0.2) is 14.8 Å². The van der Waals surface area contributed by atoms with E-state index in [0.29, 0.717) is 6.61 Å². The molecule has 6 nitrogen and oxygen atoms in total. The molecule has 1 aliphatic heterocycles. The van der Waals surface area contributed by atoms with Crippen molar-refractivity contribution in [3.8, 4) is 0 Å². The molecule has 1 saturated heterocycles.